The molecule has 0 fully saturated rings. The Morgan fingerprint density at radius 2 is 1.79 bits per heavy atom. The molecule has 0 bridgehead atoms. The summed E-state index contributed by atoms with van der Waals surface area (Å²) >= 11 is 0. The van der Waals surface area contributed by atoms with Gasteiger partial charge in [-0.25, -0.2) is 19.7 Å². The normalized spacial score (nSPS) is 12.1. The third-order valence-electron chi connectivity index (χ3n) is 5.91. The standard InChI is InChI=1S/C27H23F3N8O4/c1-15-31-18(22-24(33-19-10-12-37(2)36-19)35-21-9-4-5-11-38(21)22)14-20(32-15)34-25(39)23(42-26(40)27(28,29)30)16-7-6-8-17(13-16)41-3/h4-14,23H,1-3H3,(H,33,36)(H,31,32,34,39). The molecule has 4 heterocycles. The molecule has 15 heteroatoms. The van der Waals surface area contributed by atoms with E-state index in [0.717, 1.165) is 0 Å². The van der Waals surface area contributed by atoms with E-state index in [4.69, 9.17) is 4.74 Å². The number of benzene rings is 1. The fraction of sp³-hybridized carbons (Fsp3) is 0.185. The van der Waals surface area contributed by atoms with E-state index in [9.17, 15) is 22.8 Å². The monoisotopic (exact) mass is 580 g/mol. The molecule has 4 aromatic heterocycles. The van der Waals surface area contributed by atoms with Crippen LogP contribution in [0.25, 0.3) is 17.0 Å². The van der Waals surface area contributed by atoms with Gasteiger partial charge in [-0.05, 0) is 31.2 Å². The van der Waals surface area contributed by atoms with Crippen molar-refractivity contribution < 1.29 is 32.2 Å². The summed E-state index contributed by atoms with van der Waals surface area (Å²) in [5.74, 6) is -2.24. The Kier molecular flexibility index (Phi) is 7.48. The third-order valence-corrected chi connectivity index (χ3v) is 5.91. The van der Waals surface area contributed by atoms with Crippen LogP contribution < -0.4 is 15.4 Å². The van der Waals surface area contributed by atoms with E-state index in [1.54, 1.807) is 53.6 Å². The Morgan fingerprint density at radius 3 is 2.50 bits per heavy atom. The second-order valence-electron chi connectivity index (χ2n) is 8.97. The smallest absolute Gasteiger partial charge is 0.490 e. The Bertz CT molecular complexity index is 1780. The number of nitrogens with one attached hydrogen (secondary N) is 2. The minimum atomic E-state index is -5.32. The number of esters is 1. The van der Waals surface area contributed by atoms with Gasteiger partial charge in [-0.1, -0.05) is 18.2 Å². The maximum Gasteiger partial charge on any atom is 0.490 e. The molecule has 0 saturated carbocycles. The number of halogens is 3. The highest BCUT2D eigenvalue weighted by atomic mass is 19.4. The molecular formula is C27H23F3N8O4. The second-order valence-corrected chi connectivity index (χ2v) is 8.97. The number of carbonyl (C=O) groups is 2. The van der Waals surface area contributed by atoms with Crippen LogP contribution >= 0.6 is 0 Å². The summed E-state index contributed by atoms with van der Waals surface area (Å²) in [5.41, 5.74) is 1.38. The number of carbonyl (C=O) groups excluding carboxylic acids is 2. The summed E-state index contributed by atoms with van der Waals surface area (Å²) in [6.45, 7) is 1.58. The first-order valence-electron chi connectivity index (χ1n) is 12.3. The number of rotatable bonds is 8. The summed E-state index contributed by atoms with van der Waals surface area (Å²) in [6.07, 6.45) is -3.77. The highest BCUT2D eigenvalue weighted by Gasteiger charge is 2.44. The number of nitrogens with zero attached hydrogens (tertiary/aromatic N) is 6. The van der Waals surface area contributed by atoms with Gasteiger partial charge in [0.15, 0.2) is 11.6 Å². The summed E-state index contributed by atoms with van der Waals surface area (Å²) in [6, 6.07) is 14.2. The largest absolute Gasteiger partial charge is 0.497 e. The fourth-order valence-electron chi connectivity index (χ4n) is 4.13. The molecule has 42 heavy (non-hydrogen) atoms. The van der Waals surface area contributed by atoms with Crippen LogP contribution in [0.15, 0.2) is 67.0 Å². The first-order chi connectivity index (χ1) is 20.0. The van der Waals surface area contributed by atoms with Crippen molar-refractivity contribution in [2.75, 3.05) is 17.7 Å². The molecule has 1 atom stereocenters. The average molecular weight is 581 g/mol. The number of hydrogen-bond acceptors (Lipinski definition) is 9. The van der Waals surface area contributed by atoms with E-state index in [1.165, 1.54) is 37.4 Å². The van der Waals surface area contributed by atoms with Crippen molar-refractivity contribution >= 4 is 35.0 Å². The second kappa shape index (κ2) is 11.2. The molecule has 216 valence electrons. The predicted molar refractivity (Wildman–Crippen MR) is 144 cm³/mol. The van der Waals surface area contributed by atoms with Gasteiger partial charge < -0.3 is 20.1 Å². The Balaban J connectivity index is 1.52. The Labute approximate surface area is 236 Å². The minimum absolute atomic E-state index is 0.0425. The lowest BCUT2D eigenvalue weighted by molar-refractivity contribution is -0.205. The van der Waals surface area contributed by atoms with E-state index in [0.29, 0.717) is 28.7 Å². The number of methoxy groups -OCH3 is 1. The minimum Gasteiger partial charge on any atom is -0.497 e. The average Bonchev–Trinajstić information content (AvgIpc) is 3.52. The van der Waals surface area contributed by atoms with Crippen LogP contribution in [0.1, 0.15) is 17.5 Å². The summed E-state index contributed by atoms with van der Waals surface area (Å²) < 4.78 is 52.3. The van der Waals surface area contributed by atoms with E-state index in [-0.39, 0.29) is 23.0 Å². The molecule has 0 spiro atoms. The number of amides is 1. The molecule has 5 aromatic rings. The van der Waals surface area contributed by atoms with Gasteiger partial charge in [0.25, 0.3) is 5.91 Å². The third kappa shape index (κ3) is 5.99. The van der Waals surface area contributed by atoms with Gasteiger partial charge in [-0.2, -0.15) is 18.3 Å². The number of anilines is 3. The van der Waals surface area contributed by atoms with Gasteiger partial charge >= 0.3 is 12.1 Å². The summed E-state index contributed by atoms with van der Waals surface area (Å²) in [7, 11) is 3.11. The molecule has 0 radical (unpaired) electrons. The first-order valence-corrected chi connectivity index (χ1v) is 12.3. The predicted octanol–water partition coefficient (Wildman–Crippen LogP) is 4.37. The van der Waals surface area contributed by atoms with E-state index >= 15 is 0 Å². The number of imidazole rings is 1. The number of fused-ring (bicyclic) bond motifs is 1. The molecule has 2 N–H and O–H groups in total. The molecule has 1 aromatic carbocycles. The van der Waals surface area contributed by atoms with Gasteiger partial charge in [-0.3, -0.25) is 13.9 Å². The Morgan fingerprint density at radius 1 is 0.976 bits per heavy atom. The van der Waals surface area contributed by atoms with Crippen molar-refractivity contribution in [3.8, 4) is 17.1 Å². The van der Waals surface area contributed by atoms with Gasteiger partial charge in [0, 0.05) is 37.1 Å². The number of hydrogen-bond donors (Lipinski definition) is 2. The van der Waals surface area contributed by atoms with Crippen molar-refractivity contribution in [3.05, 3.63) is 78.4 Å². The lowest BCUT2D eigenvalue weighted by Crippen LogP contribution is -2.32. The number of ether oxygens (including phenoxy) is 2. The highest BCUT2D eigenvalue weighted by molar-refractivity contribution is 5.96. The zero-order valence-electron chi connectivity index (χ0n) is 22.4. The van der Waals surface area contributed by atoms with Gasteiger partial charge in [-0.15, -0.1) is 0 Å². The SMILES string of the molecule is COc1cccc(C(OC(=O)C(F)(F)F)C(=O)Nc2cc(-c3c(Nc4ccn(C)n4)nc4ccccn34)nc(C)n2)c1. The van der Waals surface area contributed by atoms with Crippen molar-refractivity contribution in [1.82, 2.24) is 29.1 Å². The molecule has 12 nitrogen and oxygen atoms in total. The van der Waals surface area contributed by atoms with E-state index in [1.807, 2.05) is 6.07 Å². The first kappa shape index (κ1) is 28.1. The zero-order chi connectivity index (χ0) is 30.0. The number of aromatic nitrogens is 6. The number of alkyl halides is 3. The van der Waals surface area contributed by atoms with Crippen LogP contribution in [-0.4, -0.2) is 54.3 Å². The van der Waals surface area contributed by atoms with Gasteiger partial charge in [0.1, 0.15) is 28.7 Å². The molecule has 0 saturated heterocycles. The molecule has 0 aliphatic heterocycles. The van der Waals surface area contributed by atoms with E-state index < -0.39 is 24.2 Å². The highest BCUT2D eigenvalue weighted by Crippen LogP contribution is 2.32. The van der Waals surface area contributed by atoms with E-state index in [2.05, 4.69) is 35.4 Å². The molecule has 5 rings (SSSR count). The van der Waals surface area contributed by atoms with Crippen LogP contribution in [0, 0.1) is 6.92 Å². The van der Waals surface area contributed by atoms with Crippen LogP contribution in [0.2, 0.25) is 0 Å². The molecule has 0 aliphatic rings. The lowest BCUT2D eigenvalue weighted by atomic mass is 10.1. The number of aryl methyl sites for hydroxylation is 2. The fourth-order valence-corrected chi connectivity index (χ4v) is 4.13. The van der Waals surface area contributed by atoms with Crippen LogP contribution in [0.5, 0.6) is 5.75 Å². The molecule has 0 aliphatic carbocycles. The van der Waals surface area contributed by atoms with Gasteiger partial charge in [0.2, 0.25) is 6.10 Å². The van der Waals surface area contributed by atoms with Crippen LogP contribution in [-0.2, 0) is 21.4 Å². The maximum absolute atomic E-state index is 13.3. The quantitative estimate of drug-likeness (QED) is 0.256. The topological polar surface area (TPSA) is 138 Å². The van der Waals surface area contributed by atoms with Gasteiger partial charge in [0.05, 0.1) is 12.8 Å². The van der Waals surface area contributed by atoms with Crippen molar-refractivity contribution in [3.63, 3.8) is 0 Å². The van der Waals surface area contributed by atoms with Crippen molar-refractivity contribution in [2.24, 2.45) is 7.05 Å². The van der Waals surface area contributed by atoms with Crippen molar-refractivity contribution in [2.45, 2.75) is 19.2 Å². The Hall–Kier alpha value is -5.47. The zero-order valence-corrected chi connectivity index (χ0v) is 22.4. The number of pyridine rings is 1. The molecule has 1 unspecified atom stereocenters. The molecular weight excluding hydrogens is 557 g/mol. The summed E-state index contributed by atoms with van der Waals surface area (Å²) in [5, 5.41) is 9.94. The van der Waals surface area contributed by atoms with Crippen LogP contribution in [0.4, 0.5) is 30.6 Å². The summed E-state index contributed by atoms with van der Waals surface area (Å²) in [4.78, 5) is 38.4. The lowest BCUT2D eigenvalue weighted by Gasteiger charge is -2.19. The van der Waals surface area contributed by atoms with Crippen molar-refractivity contribution in [1.29, 1.82) is 0 Å². The van der Waals surface area contributed by atoms with Crippen LogP contribution in [0.3, 0.4) is 0 Å². The maximum atomic E-state index is 13.3. The molecule has 1 amide bonds.